The lowest BCUT2D eigenvalue weighted by molar-refractivity contribution is -0.120. The molecular formula is C24H24N6O4S. The molecule has 5 rings (SSSR count). The highest BCUT2D eigenvalue weighted by molar-refractivity contribution is 7.90. The molecule has 0 radical (unpaired) electrons. The van der Waals surface area contributed by atoms with E-state index < -0.39 is 10.0 Å². The van der Waals surface area contributed by atoms with Crippen LogP contribution in [0.5, 0.6) is 5.75 Å². The zero-order valence-electron chi connectivity index (χ0n) is 19.2. The summed E-state index contributed by atoms with van der Waals surface area (Å²) in [7, 11) is -0.482. The molecular weight excluding hydrogens is 468 g/mol. The Kier molecular flexibility index (Phi) is 5.87. The van der Waals surface area contributed by atoms with Crippen LogP contribution in [0.15, 0.2) is 71.9 Å². The van der Waals surface area contributed by atoms with Crippen LogP contribution in [-0.4, -0.2) is 67.0 Å². The van der Waals surface area contributed by atoms with E-state index >= 15 is 0 Å². The van der Waals surface area contributed by atoms with E-state index in [1.54, 1.807) is 29.3 Å². The van der Waals surface area contributed by atoms with Gasteiger partial charge in [0.15, 0.2) is 5.65 Å². The predicted molar refractivity (Wildman–Crippen MR) is 133 cm³/mol. The van der Waals surface area contributed by atoms with Crippen molar-refractivity contribution in [3.63, 3.8) is 0 Å². The minimum absolute atomic E-state index is 0.0613. The highest BCUT2D eigenvalue weighted by Crippen LogP contribution is 2.25. The zero-order valence-corrected chi connectivity index (χ0v) is 20.1. The number of aromatic nitrogens is 3. The van der Waals surface area contributed by atoms with E-state index in [4.69, 9.17) is 4.74 Å². The smallest absolute Gasteiger partial charge is 0.269 e. The number of amides is 1. The minimum Gasteiger partial charge on any atom is -0.497 e. The standard InChI is InChI=1S/C24H24N6O4S/c1-28-12-13-29(22(31)16-28)19-8-6-18(7-9-19)26-24-25-15-17-10-11-30(23(17)27-24)35(32,33)21-5-3-4-20(14-21)34-2/h3-11,14-15H,12-13,16H2,1-2H3,(H,25,26,27). The number of methoxy groups -OCH3 is 1. The Morgan fingerprint density at radius 2 is 1.86 bits per heavy atom. The first-order valence-electron chi connectivity index (χ1n) is 10.9. The molecule has 0 saturated carbocycles. The van der Waals surface area contributed by atoms with Gasteiger partial charge in [-0.15, -0.1) is 0 Å². The molecule has 35 heavy (non-hydrogen) atoms. The van der Waals surface area contributed by atoms with Gasteiger partial charge < -0.3 is 15.0 Å². The maximum atomic E-state index is 13.3. The van der Waals surface area contributed by atoms with E-state index in [2.05, 4.69) is 15.3 Å². The maximum absolute atomic E-state index is 13.3. The molecule has 1 saturated heterocycles. The van der Waals surface area contributed by atoms with Gasteiger partial charge in [0.05, 0.1) is 18.6 Å². The number of carbonyl (C=O) groups excluding carboxylic acids is 1. The van der Waals surface area contributed by atoms with Crippen molar-refractivity contribution in [3.8, 4) is 5.75 Å². The molecule has 1 aliphatic rings. The molecule has 0 aliphatic carbocycles. The Hall–Kier alpha value is -3.96. The van der Waals surface area contributed by atoms with Gasteiger partial charge in [0, 0.05) is 48.3 Å². The molecule has 180 valence electrons. The van der Waals surface area contributed by atoms with Crippen LogP contribution in [0.2, 0.25) is 0 Å². The fourth-order valence-corrected chi connectivity index (χ4v) is 5.28. The first kappa shape index (κ1) is 22.8. The van der Waals surface area contributed by atoms with E-state index in [9.17, 15) is 13.2 Å². The number of nitrogens with one attached hydrogen (secondary N) is 1. The molecule has 1 amide bonds. The van der Waals surface area contributed by atoms with Crippen LogP contribution in [0.25, 0.3) is 11.0 Å². The third kappa shape index (κ3) is 4.43. The first-order chi connectivity index (χ1) is 16.8. The predicted octanol–water partition coefficient (Wildman–Crippen LogP) is 2.70. The molecule has 4 aromatic rings. The van der Waals surface area contributed by atoms with E-state index in [0.29, 0.717) is 29.9 Å². The number of carbonyl (C=O) groups is 1. The van der Waals surface area contributed by atoms with Crippen LogP contribution in [0.1, 0.15) is 0 Å². The summed E-state index contributed by atoms with van der Waals surface area (Å²) in [6.45, 7) is 1.85. The topological polar surface area (TPSA) is 110 Å². The van der Waals surface area contributed by atoms with Gasteiger partial charge in [0.1, 0.15) is 5.75 Å². The molecule has 1 fully saturated rings. The normalized spacial score (nSPS) is 14.9. The summed E-state index contributed by atoms with van der Waals surface area (Å²) in [4.78, 5) is 24.9. The van der Waals surface area contributed by atoms with E-state index in [1.807, 2.05) is 36.2 Å². The van der Waals surface area contributed by atoms with Gasteiger partial charge in [-0.3, -0.25) is 9.69 Å². The Morgan fingerprint density at radius 3 is 2.60 bits per heavy atom. The number of benzene rings is 2. The van der Waals surface area contributed by atoms with Crippen molar-refractivity contribution in [2.45, 2.75) is 4.90 Å². The summed E-state index contributed by atoms with van der Waals surface area (Å²) in [6, 6.07) is 15.3. The first-order valence-corrected chi connectivity index (χ1v) is 12.4. The number of ether oxygens (including phenoxy) is 1. The number of rotatable bonds is 6. The molecule has 3 heterocycles. The van der Waals surface area contributed by atoms with Gasteiger partial charge in [0.25, 0.3) is 10.0 Å². The number of fused-ring (bicyclic) bond motifs is 1. The van der Waals surface area contributed by atoms with Gasteiger partial charge in [-0.05, 0) is 49.5 Å². The quantitative estimate of drug-likeness (QED) is 0.438. The lowest BCUT2D eigenvalue weighted by Gasteiger charge is -2.32. The van der Waals surface area contributed by atoms with Gasteiger partial charge in [-0.25, -0.2) is 17.4 Å². The van der Waals surface area contributed by atoms with Crippen LogP contribution < -0.4 is 15.0 Å². The highest BCUT2D eigenvalue weighted by atomic mass is 32.2. The van der Waals surface area contributed by atoms with Crippen molar-refractivity contribution < 1.29 is 17.9 Å². The molecule has 0 spiro atoms. The third-order valence-electron chi connectivity index (χ3n) is 5.84. The van der Waals surface area contributed by atoms with Crippen LogP contribution >= 0.6 is 0 Å². The maximum Gasteiger partial charge on any atom is 0.269 e. The van der Waals surface area contributed by atoms with Crippen LogP contribution in [0.3, 0.4) is 0 Å². The Balaban J connectivity index is 1.40. The molecule has 0 unspecified atom stereocenters. The SMILES string of the molecule is COc1cccc(S(=O)(=O)n2ccc3cnc(Nc4ccc(N5CCN(C)CC5=O)cc4)nc32)c1. The van der Waals surface area contributed by atoms with Crippen LogP contribution in [-0.2, 0) is 14.8 Å². The largest absolute Gasteiger partial charge is 0.497 e. The van der Waals surface area contributed by atoms with Crippen molar-refractivity contribution >= 4 is 44.3 Å². The van der Waals surface area contributed by atoms with Crippen LogP contribution in [0, 0.1) is 0 Å². The van der Waals surface area contributed by atoms with Crippen molar-refractivity contribution in [1.82, 2.24) is 18.8 Å². The summed E-state index contributed by atoms with van der Waals surface area (Å²) in [5.74, 6) is 0.759. The molecule has 11 heteroatoms. The number of hydrogen-bond acceptors (Lipinski definition) is 8. The lowest BCUT2D eigenvalue weighted by atomic mass is 10.2. The number of piperazine rings is 1. The van der Waals surface area contributed by atoms with Gasteiger partial charge in [-0.2, -0.15) is 4.98 Å². The average molecular weight is 493 g/mol. The minimum atomic E-state index is -3.89. The van der Waals surface area contributed by atoms with Crippen molar-refractivity contribution in [2.75, 3.05) is 44.0 Å². The summed E-state index contributed by atoms with van der Waals surface area (Å²) < 4.78 is 32.8. The Labute approximate surface area is 202 Å². The number of nitrogens with zero attached hydrogens (tertiary/aromatic N) is 5. The van der Waals surface area contributed by atoms with Crippen LogP contribution in [0.4, 0.5) is 17.3 Å². The van der Waals surface area contributed by atoms with Gasteiger partial charge in [0.2, 0.25) is 11.9 Å². The highest BCUT2D eigenvalue weighted by Gasteiger charge is 2.23. The molecule has 2 aromatic heterocycles. The summed E-state index contributed by atoms with van der Waals surface area (Å²) in [5, 5.41) is 3.70. The number of likely N-dealkylation sites (N-methyl/N-ethyl adjacent to an activating group) is 1. The second-order valence-corrected chi connectivity index (χ2v) is 10.0. The van der Waals surface area contributed by atoms with E-state index in [1.165, 1.54) is 25.4 Å². The summed E-state index contributed by atoms with van der Waals surface area (Å²) >= 11 is 0. The molecule has 0 bridgehead atoms. The lowest BCUT2D eigenvalue weighted by Crippen LogP contribution is -2.48. The summed E-state index contributed by atoms with van der Waals surface area (Å²) in [6.07, 6.45) is 3.03. The second kappa shape index (κ2) is 9.01. The van der Waals surface area contributed by atoms with Crippen molar-refractivity contribution in [1.29, 1.82) is 0 Å². The van der Waals surface area contributed by atoms with Crippen molar-refractivity contribution in [3.05, 3.63) is 67.0 Å². The monoisotopic (exact) mass is 492 g/mol. The van der Waals surface area contributed by atoms with E-state index in [0.717, 1.165) is 16.2 Å². The fourth-order valence-electron chi connectivity index (χ4n) is 3.94. The Bertz CT molecular complexity index is 1500. The Morgan fingerprint density at radius 1 is 1.06 bits per heavy atom. The zero-order chi connectivity index (χ0) is 24.6. The average Bonchev–Trinajstić information content (AvgIpc) is 3.29. The molecule has 2 aromatic carbocycles. The number of hydrogen-bond donors (Lipinski definition) is 1. The fraction of sp³-hybridized carbons (Fsp3) is 0.208. The van der Waals surface area contributed by atoms with E-state index in [-0.39, 0.29) is 22.4 Å². The molecule has 0 atom stereocenters. The third-order valence-corrected chi connectivity index (χ3v) is 7.50. The molecule has 10 nitrogen and oxygen atoms in total. The van der Waals surface area contributed by atoms with Gasteiger partial charge >= 0.3 is 0 Å². The second-order valence-electron chi connectivity index (χ2n) is 8.22. The molecule has 1 N–H and O–H groups in total. The van der Waals surface area contributed by atoms with Gasteiger partial charge in [-0.1, -0.05) is 6.07 Å². The van der Waals surface area contributed by atoms with Crippen molar-refractivity contribution in [2.24, 2.45) is 0 Å². The summed E-state index contributed by atoms with van der Waals surface area (Å²) in [5.41, 5.74) is 1.79. The molecule has 1 aliphatic heterocycles. The number of anilines is 3.